The Morgan fingerprint density at radius 3 is 2.59 bits per heavy atom. The minimum absolute atomic E-state index is 0.00924. The number of thiazole rings is 1. The third-order valence-electron chi connectivity index (χ3n) is 5.60. The highest BCUT2D eigenvalue weighted by Gasteiger charge is 2.33. The van der Waals surface area contributed by atoms with Gasteiger partial charge in [-0.2, -0.15) is 4.31 Å². The second-order valence-electron chi connectivity index (χ2n) is 8.16. The summed E-state index contributed by atoms with van der Waals surface area (Å²) in [5.41, 5.74) is 1.39. The lowest BCUT2D eigenvalue weighted by molar-refractivity contribution is -0.120. The molecule has 170 valence electrons. The van der Waals surface area contributed by atoms with E-state index in [1.54, 1.807) is 16.7 Å². The fraction of sp³-hybridized carbons (Fsp3) is 0.364. The SMILES string of the molecule is CC(C)n1c(=O)sc2cc(NC(=O)C3CCCN(S(=O)(=O)c4ccc(F)cc4)C3)ccc21. The molecule has 1 fully saturated rings. The molecular weight excluding hydrogens is 453 g/mol. The maximum atomic E-state index is 13.2. The number of hydrogen-bond donors (Lipinski definition) is 1. The predicted octanol–water partition coefficient (Wildman–Crippen LogP) is 3.82. The van der Waals surface area contributed by atoms with E-state index in [2.05, 4.69) is 5.32 Å². The molecule has 1 N–H and O–H groups in total. The second kappa shape index (κ2) is 8.76. The number of fused-ring (bicyclic) bond motifs is 1. The number of hydrogen-bond acceptors (Lipinski definition) is 5. The lowest BCUT2D eigenvalue weighted by atomic mass is 9.98. The van der Waals surface area contributed by atoms with Crippen molar-refractivity contribution in [1.82, 2.24) is 8.87 Å². The van der Waals surface area contributed by atoms with Gasteiger partial charge in [0.15, 0.2) is 0 Å². The van der Waals surface area contributed by atoms with Crippen LogP contribution in [0.4, 0.5) is 10.1 Å². The fourth-order valence-corrected chi connectivity index (χ4v) is 6.55. The summed E-state index contributed by atoms with van der Waals surface area (Å²) in [6, 6.07) is 10.1. The topological polar surface area (TPSA) is 88.5 Å². The van der Waals surface area contributed by atoms with E-state index >= 15 is 0 Å². The highest BCUT2D eigenvalue weighted by atomic mass is 32.2. The molecule has 2 aromatic carbocycles. The fourth-order valence-electron chi connectivity index (χ4n) is 3.98. The molecule has 0 aliphatic carbocycles. The van der Waals surface area contributed by atoms with Gasteiger partial charge in [-0.05, 0) is 69.2 Å². The first-order valence-electron chi connectivity index (χ1n) is 10.4. The zero-order chi connectivity index (χ0) is 23.0. The van der Waals surface area contributed by atoms with Crippen LogP contribution < -0.4 is 10.2 Å². The first kappa shape index (κ1) is 22.6. The normalized spacial score (nSPS) is 17.7. The van der Waals surface area contributed by atoms with Gasteiger partial charge in [0.2, 0.25) is 15.9 Å². The number of rotatable bonds is 5. The molecular formula is C22H24FN3O4S2. The Morgan fingerprint density at radius 2 is 1.91 bits per heavy atom. The number of aromatic nitrogens is 1. The molecule has 2 heterocycles. The van der Waals surface area contributed by atoms with Gasteiger partial charge in [-0.15, -0.1) is 0 Å². The van der Waals surface area contributed by atoms with Crippen LogP contribution in [0, 0.1) is 11.7 Å². The number of nitrogens with one attached hydrogen (secondary N) is 1. The van der Waals surface area contributed by atoms with Crippen molar-refractivity contribution in [2.24, 2.45) is 5.92 Å². The number of benzene rings is 2. The standard InChI is InChI=1S/C22H24FN3O4S2/c1-14(2)26-19-10-7-17(12-20(19)31-22(26)28)24-21(27)15-4-3-11-25(13-15)32(29,30)18-8-5-16(23)6-9-18/h5-10,12,14-15H,3-4,11,13H2,1-2H3,(H,24,27). The van der Waals surface area contributed by atoms with E-state index in [9.17, 15) is 22.4 Å². The lowest BCUT2D eigenvalue weighted by Gasteiger charge is -2.31. The van der Waals surface area contributed by atoms with Crippen molar-refractivity contribution >= 4 is 43.2 Å². The van der Waals surface area contributed by atoms with Crippen molar-refractivity contribution in [3.05, 3.63) is 57.9 Å². The molecule has 4 rings (SSSR count). The highest BCUT2D eigenvalue weighted by molar-refractivity contribution is 7.89. The summed E-state index contributed by atoms with van der Waals surface area (Å²) in [7, 11) is -3.81. The number of nitrogens with zero attached hydrogens (tertiary/aromatic N) is 2. The van der Waals surface area contributed by atoms with Gasteiger partial charge in [0.1, 0.15) is 5.82 Å². The van der Waals surface area contributed by atoms with Crippen LogP contribution in [-0.2, 0) is 14.8 Å². The number of carbonyl (C=O) groups is 1. The van der Waals surface area contributed by atoms with E-state index < -0.39 is 21.8 Å². The average Bonchev–Trinajstić information content (AvgIpc) is 3.09. The van der Waals surface area contributed by atoms with Gasteiger partial charge in [0.05, 0.1) is 21.0 Å². The van der Waals surface area contributed by atoms with Gasteiger partial charge in [-0.1, -0.05) is 11.3 Å². The number of anilines is 1. The van der Waals surface area contributed by atoms with Crippen molar-refractivity contribution in [3.8, 4) is 0 Å². The second-order valence-corrected chi connectivity index (χ2v) is 11.1. The molecule has 3 aromatic rings. The zero-order valence-electron chi connectivity index (χ0n) is 17.7. The van der Waals surface area contributed by atoms with Gasteiger partial charge < -0.3 is 5.32 Å². The third kappa shape index (κ3) is 4.35. The maximum absolute atomic E-state index is 13.2. The summed E-state index contributed by atoms with van der Waals surface area (Å²) < 4.78 is 42.8. The van der Waals surface area contributed by atoms with Crippen LogP contribution in [0.3, 0.4) is 0 Å². The Morgan fingerprint density at radius 1 is 1.19 bits per heavy atom. The summed E-state index contributed by atoms with van der Waals surface area (Å²) in [6.45, 7) is 4.26. The number of amides is 1. The van der Waals surface area contributed by atoms with Gasteiger partial charge in [0.25, 0.3) is 0 Å². The highest BCUT2D eigenvalue weighted by Crippen LogP contribution is 2.27. The van der Waals surface area contributed by atoms with Crippen LogP contribution in [0.25, 0.3) is 10.2 Å². The summed E-state index contributed by atoms with van der Waals surface area (Å²) in [5, 5.41) is 2.87. The lowest BCUT2D eigenvalue weighted by Crippen LogP contribution is -2.43. The van der Waals surface area contributed by atoms with Crippen LogP contribution in [0.1, 0.15) is 32.7 Å². The molecule has 1 aliphatic heterocycles. The van der Waals surface area contributed by atoms with Crippen LogP contribution in [0.2, 0.25) is 0 Å². The third-order valence-corrected chi connectivity index (χ3v) is 8.40. The molecule has 7 nitrogen and oxygen atoms in total. The van der Waals surface area contributed by atoms with Gasteiger partial charge in [-0.3, -0.25) is 14.2 Å². The molecule has 0 radical (unpaired) electrons. The summed E-state index contributed by atoms with van der Waals surface area (Å²) in [5.74, 6) is -1.28. The van der Waals surface area contributed by atoms with Gasteiger partial charge in [-0.25, -0.2) is 12.8 Å². The molecule has 10 heteroatoms. The molecule has 1 atom stereocenters. The van der Waals surface area contributed by atoms with Crippen molar-refractivity contribution in [2.75, 3.05) is 18.4 Å². The zero-order valence-corrected chi connectivity index (χ0v) is 19.4. The van der Waals surface area contributed by atoms with Gasteiger partial charge in [0, 0.05) is 24.8 Å². The van der Waals surface area contributed by atoms with Crippen LogP contribution in [0.5, 0.6) is 0 Å². The van der Waals surface area contributed by atoms with Crippen molar-refractivity contribution in [1.29, 1.82) is 0 Å². The summed E-state index contributed by atoms with van der Waals surface area (Å²) in [4.78, 5) is 25.1. The number of halogens is 1. The van der Waals surface area contributed by atoms with Crippen molar-refractivity contribution in [3.63, 3.8) is 0 Å². The van der Waals surface area contributed by atoms with E-state index in [0.717, 1.165) is 33.7 Å². The van der Waals surface area contributed by atoms with Crippen LogP contribution >= 0.6 is 11.3 Å². The number of carbonyl (C=O) groups excluding carboxylic acids is 1. The minimum Gasteiger partial charge on any atom is -0.326 e. The molecule has 0 saturated carbocycles. The Bertz CT molecular complexity index is 1310. The number of piperidine rings is 1. The monoisotopic (exact) mass is 477 g/mol. The molecule has 32 heavy (non-hydrogen) atoms. The molecule has 1 aromatic heterocycles. The molecule has 1 unspecified atom stereocenters. The Kier molecular flexibility index (Phi) is 6.19. The average molecular weight is 478 g/mol. The van der Waals surface area contributed by atoms with E-state index in [1.165, 1.54) is 16.4 Å². The smallest absolute Gasteiger partial charge is 0.308 e. The molecule has 1 saturated heterocycles. The Hall–Kier alpha value is -2.56. The first-order valence-corrected chi connectivity index (χ1v) is 12.6. The predicted molar refractivity (Wildman–Crippen MR) is 123 cm³/mol. The first-order chi connectivity index (χ1) is 15.2. The van der Waals surface area contributed by atoms with E-state index in [4.69, 9.17) is 0 Å². The Labute approximate surface area is 189 Å². The van der Waals surface area contributed by atoms with E-state index in [-0.39, 0.29) is 28.3 Å². The number of sulfonamides is 1. The van der Waals surface area contributed by atoms with Crippen LogP contribution in [-0.4, -0.2) is 36.3 Å². The quantitative estimate of drug-likeness (QED) is 0.605. The van der Waals surface area contributed by atoms with Crippen molar-refractivity contribution < 1.29 is 17.6 Å². The molecule has 0 bridgehead atoms. The molecule has 0 spiro atoms. The summed E-state index contributed by atoms with van der Waals surface area (Å²) in [6.07, 6.45) is 1.12. The van der Waals surface area contributed by atoms with E-state index in [0.29, 0.717) is 25.1 Å². The van der Waals surface area contributed by atoms with E-state index in [1.807, 2.05) is 19.9 Å². The van der Waals surface area contributed by atoms with Crippen molar-refractivity contribution in [2.45, 2.75) is 37.6 Å². The molecule has 1 aliphatic rings. The molecule has 1 amide bonds. The maximum Gasteiger partial charge on any atom is 0.308 e. The van der Waals surface area contributed by atoms with Gasteiger partial charge >= 0.3 is 4.87 Å². The Balaban J connectivity index is 1.50. The minimum atomic E-state index is -3.81. The summed E-state index contributed by atoms with van der Waals surface area (Å²) >= 11 is 1.13. The van der Waals surface area contributed by atoms with Crippen LogP contribution in [0.15, 0.2) is 52.2 Å². The largest absolute Gasteiger partial charge is 0.326 e.